The van der Waals surface area contributed by atoms with E-state index in [2.05, 4.69) is 37.3 Å². The lowest BCUT2D eigenvalue weighted by atomic mass is 10.0. The third-order valence-corrected chi connectivity index (χ3v) is 7.40. The zero-order chi connectivity index (χ0) is 33.1. The van der Waals surface area contributed by atoms with Crippen molar-refractivity contribution in [2.75, 3.05) is 13.2 Å². The van der Waals surface area contributed by atoms with Gasteiger partial charge in [-0.1, -0.05) is 152 Å². The molecule has 6 nitrogen and oxygen atoms in total. The second-order valence-electron chi connectivity index (χ2n) is 11.8. The summed E-state index contributed by atoms with van der Waals surface area (Å²) in [6.07, 6.45) is 40.5. The summed E-state index contributed by atoms with van der Waals surface area (Å²) in [7, 11) is 0. The number of hydrogen-bond acceptors (Lipinski definition) is 6. The van der Waals surface area contributed by atoms with E-state index in [-0.39, 0.29) is 31.6 Å². The van der Waals surface area contributed by atoms with Gasteiger partial charge < -0.3 is 19.7 Å². The average molecular weight is 631 g/mol. The highest BCUT2D eigenvalue weighted by Gasteiger charge is 2.16. The summed E-state index contributed by atoms with van der Waals surface area (Å²) in [5.74, 6) is -0.686. The third kappa shape index (κ3) is 32.8. The molecule has 0 amide bonds. The van der Waals surface area contributed by atoms with Gasteiger partial charge in [0, 0.05) is 12.8 Å². The number of unbranched alkanes of at least 4 members (excludes halogenated alkanes) is 13. The molecule has 0 aliphatic rings. The van der Waals surface area contributed by atoms with E-state index in [1.165, 1.54) is 64.2 Å². The lowest BCUT2D eigenvalue weighted by molar-refractivity contribution is -0.161. The molecule has 0 aromatic carbocycles. The van der Waals surface area contributed by atoms with Crippen molar-refractivity contribution in [3.63, 3.8) is 0 Å². The van der Waals surface area contributed by atoms with Gasteiger partial charge in [-0.3, -0.25) is 9.59 Å². The molecule has 0 aliphatic carbocycles. The second kappa shape index (κ2) is 34.4. The minimum absolute atomic E-state index is 0.108. The van der Waals surface area contributed by atoms with E-state index in [9.17, 15) is 19.8 Å². The Morgan fingerprint density at radius 2 is 1.20 bits per heavy atom. The fourth-order valence-electron chi connectivity index (χ4n) is 4.67. The summed E-state index contributed by atoms with van der Waals surface area (Å²) in [5, 5.41) is 19.2. The number of aliphatic hydroxyl groups excluding tert-OH is 2. The van der Waals surface area contributed by atoms with Gasteiger partial charge in [0.2, 0.25) is 0 Å². The Morgan fingerprint density at radius 1 is 0.644 bits per heavy atom. The number of rotatable bonds is 31. The molecule has 45 heavy (non-hydrogen) atoms. The SMILES string of the molecule is CC/C=C\C(O)C/C=C/C=C\C/C=C\C/C=C\CCCC(=O)OC[C@H](CO)OC(=O)CCCCCCCCCCCCCCC. The molecule has 2 atom stereocenters. The number of carbonyl (C=O) groups excluding carboxylic acids is 2. The highest BCUT2D eigenvalue weighted by atomic mass is 16.6. The molecule has 0 fully saturated rings. The van der Waals surface area contributed by atoms with Crippen LogP contribution in [0.1, 0.15) is 149 Å². The van der Waals surface area contributed by atoms with Crippen molar-refractivity contribution in [3.8, 4) is 0 Å². The van der Waals surface area contributed by atoms with Crippen LogP contribution in [0.15, 0.2) is 60.8 Å². The molecule has 0 rings (SSSR count). The molecule has 0 aliphatic heterocycles. The lowest BCUT2D eigenvalue weighted by Gasteiger charge is -2.15. The van der Waals surface area contributed by atoms with E-state index < -0.39 is 12.2 Å². The van der Waals surface area contributed by atoms with Gasteiger partial charge >= 0.3 is 11.9 Å². The number of hydrogen-bond donors (Lipinski definition) is 2. The number of allylic oxidation sites excluding steroid dienone is 8. The molecule has 0 aromatic rings. The molecule has 0 heterocycles. The predicted octanol–water partition coefficient (Wildman–Crippen LogP) is 9.81. The minimum Gasteiger partial charge on any atom is -0.462 e. The maximum Gasteiger partial charge on any atom is 0.306 e. The van der Waals surface area contributed by atoms with Gasteiger partial charge in [0.15, 0.2) is 6.10 Å². The summed E-state index contributed by atoms with van der Waals surface area (Å²) in [6, 6.07) is 0. The molecule has 0 aromatic heterocycles. The maximum atomic E-state index is 12.1. The second-order valence-corrected chi connectivity index (χ2v) is 11.8. The van der Waals surface area contributed by atoms with Crippen LogP contribution in [0.5, 0.6) is 0 Å². The van der Waals surface area contributed by atoms with Crippen LogP contribution in [-0.4, -0.2) is 47.6 Å². The molecule has 0 saturated heterocycles. The molecule has 0 bridgehead atoms. The van der Waals surface area contributed by atoms with E-state index in [1.54, 1.807) is 0 Å². The molecular weight excluding hydrogens is 564 g/mol. The number of esters is 2. The van der Waals surface area contributed by atoms with Gasteiger partial charge in [0.25, 0.3) is 0 Å². The topological polar surface area (TPSA) is 93.1 Å². The molecule has 6 heteroatoms. The van der Waals surface area contributed by atoms with Crippen molar-refractivity contribution in [1.29, 1.82) is 0 Å². The van der Waals surface area contributed by atoms with Crippen LogP contribution in [0.25, 0.3) is 0 Å². The van der Waals surface area contributed by atoms with E-state index in [1.807, 2.05) is 37.3 Å². The van der Waals surface area contributed by atoms with Crippen molar-refractivity contribution >= 4 is 11.9 Å². The standard InChI is InChI=1S/C39H66O6/c1-3-5-7-8-9-10-11-12-17-20-23-26-29-33-39(43)45-37(34-40)35-44-38(42)32-28-25-22-19-16-14-13-15-18-21-24-27-31-36(41)30-6-4-2/h6,13-14,18-19,21-22,24,27,30,36-37,40-41H,3-5,7-12,15-17,20,23,25-26,28-29,31-35H2,1-2H3/b14-13-,21-18-,22-19-,27-24+,30-6-/t36?,37-/m0/s1. The Bertz CT molecular complexity index is 825. The van der Waals surface area contributed by atoms with Crippen molar-refractivity contribution in [3.05, 3.63) is 60.8 Å². The van der Waals surface area contributed by atoms with Gasteiger partial charge in [-0.05, 0) is 44.9 Å². The average Bonchev–Trinajstić information content (AvgIpc) is 3.04. The molecular formula is C39H66O6. The van der Waals surface area contributed by atoms with Gasteiger partial charge in [-0.2, -0.15) is 0 Å². The summed E-state index contributed by atoms with van der Waals surface area (Å²) in [4.78, 5) is 24.1. The molecule has 1 unspecified atom stereocenters. The Labute approximate surface area is 275 Å². The van der Waals surface area contributed by atoms with Gasteiger partial charge in [-0.25, -0.2) is 0 Å². The number of aliphatic hydroxyl groups is 2. The summed E-state index contributed by atoms with van der Waals surface area (Å²) in [6.45, 7) is 3.83. The van der Waals surface area contributed by atoms with E-state index in [4.69, 9.17) is 9.47 Å². The number of carbonyl (C=O) groups is 2. The van der Waals surface area contributed by atoms with Crippen LogP contribution in [0, 0.1) is 0 Å². The fraction of sp³-hybridized carbons (Fsp3) is 0.692. The van der Waals surface area contributed by atoms with Crippen LogP contribution in [0.4, 0.5) is 0 Å². The predicted molar refractivity (Wildman–Crippen MR) is 188 cm³/mol. The normalized spacial score (nSPS) is 13.6. The monoisotopic (exact) mass is 630 g/mol. The molecule has 258 valence electrons. The Hall–Kier alpha value is -2.44. The van der Waals surface area contributed by atoms with Crippen LogP contribution < -0.4 is 0 Å². The van der Waals surface area contributed by atoms with Crippen molar-refractivity contribution in [2.24, 2.45) is 0 Å². The molecule has 0 spiro atoms. The van der Waals surface area contributed by atoms with Crippen LogP contribution in [0.3, 0.4) is 0 Å². The first-order valence-electron chi connectivity index (χ1n) is 18.0. The molecule has 0 saturated carbocycles. The van der Waals surface area contributed by atoms with Crippen molar-refractivity contribution in [1.82, 2.24) is 0 Å². The van der Waals surface area contributed by atoms with Gasteiger partial charge in [-0.15, -0.1) is 0 Å². The summed E-state index contributed by atoms with van der Waals surface area (Å²) >= 11 is 0. The zero-order valence-electron chi connectivity index (χ0n) is 28.7. The van der Waals surface area contributed by atoms with Crippen molar-refractivity contribution < 1.29 is 29.3 Å². The molecule has 0 radical (unpaired) electrons. The first kappa shape index (κ1) is 42.6. The lowest BCUT2D eigenvalue weighted by Crippen LogP contribution is -2.28. The maximum absolute atomic E-state index is 12.1. The smallest absolute Gasteiger partial charge is 0.306 e. The zero-order valence-corrected chi connectivity index (χ0v) is 28.7. The Balaban J connectivity index is 3.74. The van der Waals surface area contributed by atoms with E-state index >= 15 is 0 Å². The van der Waals surface area contributed by atoms with Gasteiger partial charge in [0.1, 0.15) is 6.61 Å². The largest absolute Gasteiger partial charge is 0.462 e. The quantitative estimate of drug-likeness (QED) is 0.0343. The van der Waals surface area contributed by atoms with E-state index in [0.717, 1.165) is 44.9 Å². The Kier molecular flexibility index (Phi) is 32.6. The van der Waals surface area contributed by atoms with Crippen LogP contribution >= 0.6 is 0 Å². The highest BCUT2D eigenvalue weighted by molar-refractivity contribution is 5.70. The van der Waals surface area contributed by atoms with Gasteiger partial charge in [0.05, 0.1) is 12.7 Å². The highest BCUT2D eigenvalue weighted by Crippen LogP contribution is 2.13. The third-order valence-electron chi connectivity index (χ3n) is 7.40. The van der Waals surface area contributed by atoms with Crippen molar-refractivity contribution in [2.45, 2.75) is 161 Å². The van der Waals surface area contributed by atoms with E-state index in [0.29, 0.717) is 19.3 Å². The Morgan fingerprint density at radius 3 is 1.82 bits per heavy atom. The summed E-state index contributed by atoms with van der Waals surface area (Å²) < 4.78 is 10.5. The number of ether oxygens (including phenoxy) is 2. The first-order valence-corrected chi connectivity index (χ1v) is 18.0. The minimum atomic E-state index is -0.804. The first-order chi connectivity index (χ1) is 22.0. The van der Waals surface area contributed by atoms with Crippen LogP contribution in [-0.2, 0) is 19.1 Å². The fourth-order valence-corrected chi connectivity index (χ4v) is 4.67. The molecule has 2 N–H and O–H groups in total. The summed E-state index contributed by atoms with van der Waals surface area (Å²) in [5.41, 5.74) is 0. The van der Waals surface area contributed by atoms with Crippen LogP contribution in [0.2, 0.25) is 0 Å².